The second kappa shape index (κ2) is 13.3. The van der Waals surface area contributed by atoms with Crippen molar-refractivity contribution in [1.29, 1.82) is 0 Å². The number of alkyl halides is 3. The number of ether oxygens (including phenoxy) is 2. The number of fused-ring (bicyclic) bond motifs is 1. The number of pyridine rings is 1. The highest BCUT2D eigenvalue weighted by Crippen LogP contribution is 2.27. The van der Waals surface area contributed by atoms with Crippen LogP contribution >= 0.6 is 0 Å². The van der Waals surface area contributed by atoms with Gasteiger partial charge in [0.05, 0.1) is 27.9 Å². The summed E-state index contributed by atoms with van der Waals surface area (Å²) >= 11 is 0. The lowest BCUT2D eigenvalue weighted by molar-refractivity contribution is -0.138. The van der Waals surface area contributed by atoms with Crippen molar-refractivity contribution in [2.45, 2.75) is 58.5 Å². The van der Waals surface area contributed by atoms with Crippen LogP contribution in [0.4, 0.5) is 26.7 Å². The zero-order valence-electron chi connectivity index (χ0n) is 24.2. The van der Waals surface area contributed by atoms with E-state index in [2.05, 4.69) is 15.7 Å². The maximum atomic E-state index is 14.1. The summed E-state index contributed by atoms with van der Waals surface area (Å²) in [5, 5.41) is 9.44. The van der Waals surface area contributed by atoms with Crippen molar-refractivity contribution in [1.82, 2.24) is 20.2 Å². The Morgan fingerprint density at radius 3 is 2.27 bits per heavy atom. The number of hydrogen-bond donors (Lipinski definition) is 2. The molecule has 4 aromatic rings. The van der Waals surface area contributed by atoms with Crippen LogP contribution in [0.3, 0.4) is 0 Å². The van der Waals surface area contributed by atoms with Gasteiger partial charge in [-0.15, -0.1) is 0 Å². The van der Waals surface area contributed by atoms with Crippen LogP contribution in [-0.2, 0) is 18.0 Å². The second-order valence-corrected chi connectivity index (χ2v) is 10.7. The van der Waals surface area contributed by atoms with Gasteiger partial charge in [-0.05, 0) is 56.5 Å². The summed E-state index contributed by atoms with van der Waals surface area (Å²) in [6, 6.07) is 15.4. The number of alkyl carbamates (subject to hydrolysis) is 1. The molecule has 1 unspecified atom stereocenters. The molecular formula is C31H31F5N4O4. The maximum absolute atomic E-state index is 14.1. The Kier molecular flexibility index (Phi) is 9.75. The lowest BCUT2D eigenvalue weighted by Gasteiger charge is -2.31. The summed E-state index contributed by atoms with van der Waals surface area (Å²) < 4.78 is 79.9. The Balaban J connectivity index is 1.51. The van der Waals surface area contributed by atoms with Crippen LogP contribution in [0.15, 0.2) is 60.7 Å². The molecular weight excluding hydrogens is 587 g/mol. The molecule has 2 aromatic heterocycles. The summed E-state index contributed by atoms with van der Waals surface area (Å²) in [6.07, 6.45) is -7.19. The molecule has 2 heterocycles. The van der Waals surface area contributed by atoms with Gasteiger partial charge in [0, 0.05) is 19.0 Å². The standard InChI is InChI=1S/C31H31F5N4O4/c1-19-14-25-27(20(2)39-40(25)26(15-19)43-17-22-23(32)10-7-11-24(22)33)28(41)37-18-30(3,12-13-31(34,35)36)38-29(42)44-16-21-8-5-4-6-9-21/h4-11,14-15H,12-13,16-18H2,1-3H3,(H,37,41)(H,38,42). The van der Waals surface area contributed by atoms with Gasteiger partial charge in [-0.3, -0.25) is 4.79 Å². The molecule has 234 valence electrons. The van der Waals surface area contributed by atoms with E-state index < -0.39 is 54.8 Å². The van der Waals surface area contributed by atoms with Crippen molar-refractivity contribution >= 4 is 17.5 Å². The third-order valence-corrected chi connectivity index (χ3v) is 6.89. The SMILES string of the molecule is Cc1cc(OCc2c(F)cccc2F)n2nc(C)c(C(=O)NCC(C)(CCC(F)(F)F)NC(=O)OCc3ccccc3)c2c1. The van der Waals surface area contributed by atoms with Crippen LogP contribution in [0, 0.1) is 25.5 Å². The Morgan fingerprint density at radius 2 is 1.61 bits per heavy atom. The second-order valence-electron chi connectivity index (χ2n) is 10.7. The van der Waals surface area contributed by atoms with Crippen LogP contribution in [0.25, 0.3) is 5.52 Å². The van der Waals surface area contributed by atoms with Crippen LogP contribution in [0.5, 0.6) is 5.88 Å². The van der Waals surface area contributed by atoms with Crippen LogP contribution in [0.1, 0.15) is 52.5 Å². The van der Waals surface area contributed by atoms with E-state index in [1.165, 1.54) is 17.5 Å². The molecule has 0 aliphatic carbocycles. The maximum Gasteiger partial charge on any atom is 0.407 e. The van der Waals surface area contributed by atoms with Crippen molar-refractivity contribution < 1.29 is 41.0 Å². The topological polar surface area (TPSA) is 94.0 Å². The molecule has 4 rings (SSSR count). The number of halogens is 5. The van der Waals surface area contributed by atoms with E-state index in [9.17, 15) is 31.5 Å². The summed E-state index contributed by atoms with van der Waals surface area (Å²) in [4.78, 5) is 25.9. The number of benzene rings is 2. The largest absolute Gasteiger partial charge is 0.473 e. The van der Waals surface area contributed by atoms with Gasteiger partial charge in [-0.1, -0.05) is 36.4 Å². The molecule has 8 nitrogen and oxygen atoms in total. The molecule has 0 bridgehead atoms. The smallest absolute Gasteiger partial charge is 0.407 e. The molecule has 44 heavy (non-hydrogen) atoms. The fourth-order valence-corrected chi connectivity index (χ4v) is 4.54. The van der Waals surface area contributed by atoms with Crippen molar-refractivity contribution in [3.8, 4) is 5.88 Å². The highest BCUT2D eigenvalue weighted by molar-refractivity contribution is 6.02. The number of nitrogens with zero attached hydrogens (tertiary/aromatic N) is 2. The van der Waals surface area contributed by atoms with Gasteiger partial charge in [0.15, 0.2) is 0 Å². The molecule has 0 spiro atoms. The summed E-state index contributed by atoms with van der Waals surface area (Å²) in [5.74, 6) is -2.11. The van der Waals surface area contributed by atoms with E-state index >= 15 is 0 Å². The zero-order valence-corrected chi connectivity index (χ0v) is 24.2. The van der Waals surface area contributed by atoms with E-state index in [1.54, 1.807) is 56.3 Å². The first-order valence-electron chi connectivity index (χ1n) is 13.6. The molecule has 0 saturated carbocycles. The first-order valence-corrected chi connectivity index (χ1v) is 13.6. The van der Waals surface area contributed by atoms with E-state index in [4.69, 9.17) is 9.47 Å². The fraction of sp³-hybridized carbons (Fsp3) is 0.323. The third kappa shape index (κ3) is 8.23. The number of aromatic nitrogens is 2. The molecule has 0 radical (unpaired) electrons. The predicted octanol–water partition coefficient (Wildman–Crippen LogP) is 6.57. The number of carbonyl (C=O) groups is 2. The monoisotopic (exact) mass is 618 g/mol. The lowest BCUT2D eigenvalue weighted by atomic mass is 9.95. The van der Waals surface area contributed by atoms with E-state index in [-0.39, 0.29) is 35.9 Å². The summed E-state index contributed by atoms with van der Waals surface area (Å²) in [6.45, 7) is 3.76. The van der Waals surface area contributed by atoms with Crippen LogP contribution in [-0.4, -0.2) is 39.9 Å². The number of nitrogens with one attached hydrogen (secondary N) is 2. The van der Waals surface area contributed by atoms with Gasteiger partial charge in [0.1, 0.15) is 24.8 Å². The Bertz CT molecular complexity index is 1620. The predicted molar refractivity (Wildman–Crippen MR) is 151 cm³/mol. The van der Waals surface area contributed by atoms with Gasteiger partial charge in [0.25, 0.3) is 5.91 Å². The van der Waals surface area contributed by atoms with Gasteiger partial charge in [-0.2, -0.15) is 22.8 Å². The molecule has 2 aromatic carbocycles. The number of amides is 2. The quantitative estimate of drug-likeness (QED) is 0.186. The van der Waals surface area contributed by atoms with Gasteiger partial charge in [-0.25, -0.2) is 13.6 Å². The highest BCUT2D eigenvalue weighted by Gasteiger charge is 2.35. The Morgan fingerprint density at radius 1 is 0.932 bits per heavy atom. The van der Waals surface area contributed by atoms with Gasteiger partial charge >= 0.3 is 12.3 Å². The molecule has 0 saturated heterocycles. The fourth-order valence-electron chi connectivity index (χ4n) is 4.54. The van der Waals surface area contributed by atoms with E-state index in [0.717, 1.165) is 12.1 Å². The average molecular weight is 619 g/mol. The number of rotatable bonds is 11. The van der Waals surface area contributed by atoms with Crippen molar-refractivity contribution in [3.05, 3.63) is 100 Å². The minimum atomic E-state index is -4.50. The molecule has 13 heteroatoms. The lowest BCUT2D eigenvalue weighted by Crippen LogP contribution is -2.54. The van der Waals surface area contributed by atoms with Crippen LogP contribution < -0.4 is 15.4 Å². The summed E-state index contributed by atoms with van der Waals surface area (Å²) in [7, 11) is 0. The molecule has 0 aliphatic rings. The minimum Gasteiger partial charge on any atom is -0.473 e. The van der Waals surface area contributed by atoms with Gasteiger partial charge < -0.3 is 20.1 Å². The summed E-state index contributed by atoms with van der Waals surface area (Å²) in [5.41, 5.74) is 0.211. The molecule has 0 fully saturated rings. The normalized spacial score (nSPS) is 12.9. The van der Waals surface area contributed by atoms with Crippen molar-refractivity contribution in [3.63, 3.8) is 0 Å². The molecule has 2 amide bonds. The van der Waals surface area contributed by atoms with Crippen molar-refractivity contribution in [2.24, 2.45) is 0 Å². The number of hydrogen-bond acceptors (Lipinski definition) is 5. The van der Waals surface area contributed by atoms with Crippen LogP contribution in [0.2, 0.25) is 0 Å². The molecule has 2 N–H and O–H groups in total. The zero-order chi connectivity index (χ0) is 32.1. The Hall–Kier alpha value is -4.68. The Labute approximate surface area is 250 Å². The molecule has 0 aliphatic heterocycles. The van der Waals surface area contributed by atoms with E-state index in [0.29, 0.717) is 16.6 Å². The third-order valence-electron chi connectivity index (χ3n) is 6.89. The number of carbonyl (C=O) groups excluding carboxylic acids is 2. The first-order chi connectivity index (χ1) is 20.7. The minimum absolute atomic E-state index is 0.0940. The van der Waals surface area contributed by atoms with E-state index in [1.807, 2.05) is 0 Å². The van der Waals surface area contributed by atoms with Gasteiger partial charge in [0.2, 0.25) is 5.88 Å². The first kappa shape index (κ1) is 32.2. The highest BCUT2D eigenvalue weighted by atomic mass is 19.4. The number of aryl methyl sites for hydroxylation is 2. The average Bonchev–Trinajstić information content (AvgIpc) is 3.29. The molecule has 1 atom stereocenters. The van der Waals surface area contributed by atoms with Crippen molar-refractivity contribution in [2.75, 3.05) is 6.54 Å².